The number of rotatable bonds is 2. The summed E-state index contributed by atoms with van der Waals surface area (Å²) < 4.78 is 2.02. The summed E-state index contributed by atoms with van der Waals surface area (Å²) in [4.78, 5) is 0.944. The van der Waals surface area contributed by atoms with Crippen LogP contribution in [0.1, 0.15) is 16.5 Å². The first-order chi connectivity index (χ1) is 7.16. The van der Waals surface area contributed by atoms with Crippen LogP contribution in [0.5, 0.6) is 0 Å². The van der Waals surface area contributed by atoms with Crippen molar-refractivity contribution in [2.24, 2.45) is 0 Å². The summed E-state index contributed by atoms with van der Waals surface area (Å²) in [5, 5.41) is 10.1. The highest BCUT2D eigenvalue weighted by molar-refractivity contribution is 9.11. The van der Waals surface area contributed by atoms with Gasteiger partial charge in [0.2, 0.25) is 0 Å². The maximum atomic E-state index is 10.1. The molecule has 1 unspecified atom stereocenters. The first-order valence-corrected chi connectivity index (χ1v) is 6.76. The molecule has 15 heavy (non-hydrogen) atoms. The Morgan fingerprint density at radius 1 is 1.13 bits per heavy atom. The van der Waals surface area contributed by atoms with Crippen LogP contribution in [0.3, 0.4) is 0 Å². The van der Waals surface area contributed by atoms with Gasteiger partial charge in [-0.2, -0.15) is 0 Å². The van der Waals surface area contributed by atoms with E-state index in [9.17, 15) is 5.11 Å². The minimum Gasteiger partial charge on any atom is -0.383 e. The van der Waals surface area contributed by atoms with Crippen LogP contribution >= 0.6 is 43.2 Å². The maximum absolute atomic E-state index is 10.1. The highest BCUT2D eigenvalue weighted by Gasteiger charge is 2.12. The van der Waals surface area contributed by atoms with E-state index in [2.05, 4.69) is 31.9 Å². The Balaban J connectivity index is 2.32. The van der Waals surface area contributed by atoms with Crippen molar-refractivity contribution in [3.05, 3.63) is 55.1 Å². The fourth-order valence-corrected chi connectivity index (χ4v) is 3.17. The third-order valence-corrected chi connectivity index (χ3v) is 4.20. The summed E-state index contributed by atoms with van der Waals surface area (Å²) in [6.07, 6.45) is -0.543. The Labute approximate surface area is 109 Å². The topological polar surface area (TPSA) is 20.2 Å². The van der Waals surface area contributed by atoms with Gasteiger partial charge in [-0.3, -0.25) is 0 Å². The Kier molecular flexibility index (Phi) is 3.61. The minimum absolute atomic E-state index is 0.543. The Bertz CT molecular complexity index is 467. The second-order valence-electron chi connectivity index (χ2n) is 3.10. The van der Waals surface area contributed by atoms with Crippen LogP contribution in [0.4, 0.5) is 0 Å². The summed E-state index contributed by atoms with van der Waals surface area (Å²) >= 11 is 8.32. The molecule has 0 aliphatic heterocycles. The van der Waals surface area contributed by atoms with Gasteiger partial charge in [0.25, 0.3) is 0 Å². The lowest BCUT2D eigenvalue weighted by Crippen LogP contribution is -1.96. The summed E-state index contributed by atoms with van der Waals surface area (Å²) in [6.45, 7) is 0. The van der Waals surface area contributed by atoms with E-state index in [0.29, 0.717) is 0 Å². The molecule has 1 nitrogen and oxygen atoms in total. The second-order valence-corrected chi connectivity index (χ2v) is 6.51. The molecular formula is C11H8Br2OS. The van der Waals surface area contributed by atoms with E-state index >= 15 is 0 Å². The predicted octanol–water partition coefficient (Wildman–Crippen LogP) is 4.35. The lowest BCUT2D eigenvalue weighted by atomic mass is 10.1. The van der Waals surface area contributed by atoms with Crippen LogP contribution in [0.2, 0.25) is 0 Å². The fraction of sp³-hybridized carbons (Fsp3) is 0.0909. The molecule has 1 heterocycles. The standard InChI is InChI=1S/C11H8Br2OS/c12-8-3-1-2-7(6-8)11(14)9-4-5-10(13)15-9/h1-6,11,14H. The predicted molar refractivity (Wildman–Crippen MR) is 70.2 cm³/mol. The first-order valence-electron chi connectivity index (χ1n) is 4.35. The van der Waals surface area contributed by atoms with Crippen molar-refractivity contribution in [1.29, 1.82) is 0 Å². The monoisotopic (exact) mass is 346 g/mol. The number of aliphatic hydroxyl groups is 1. The molecule has 78 valence electrons. The molecule has 0 amide bonds. The zero-order valence-electron chi connectivity index (χ0n) is 7.65. The minimum atomic E-state index is -0.543. The molecule has 1 N–H and O–H groups in total. The maximum Gasteiger partial charge on any atom is 0.113 e. The third-order valence-electron chi connectivity index (χ3n) is 2.03. The molecule has 0 aliphatic carbocycles. The highest BCUT2D eigenvalue weighted by atomic mass is 79.9. The van der Waals surface area contributed by atoms with Gasteiger partial charge in [0, 0.05) is 9.35 Å². The van der Waals surface area contributed by atoms with Gasteiger partial charge in [-0.05, 0) is 45.8 Å². The van der Waals surface area contributed by atoms with Gasteiger partial charge >= 0.3 is 0 Å². The van der Waals surface area contributed by atoms with Crippen molar-refractivity contribution in [3.8, 4) is 0 Å². The van der Waals surface area contributed by atoms with Crippen LogP contribution < -0.4 is 0 Å². The van der Waals surface area contributed by atoms with E-state index in [1.165, 1.54) is 0 Å². The summed E-state index contributed by atoms with van der Waals surface area (Å²) in [7, 11) is 0. The number of aliphatic hydroxyl groups excluding tert-OH is 1. The molecule has 0 saturated heterocycles. The van der Waals surface area contributed by atoms with Crippen LogP contribution in [0.15, 0.2) is 44.7 Å². The van der Waals surface area contributed by atoms with E-state index < -0.39 is 6.10 Å². The smallest absolute Gasteiger partial charge is 0.113 e. The number of halogens is 2. The molecule has 4 heteroatoms. The van der Waals surface area contributed by atoms with Crippen molar-refractivity contribution >= 4 is 43.2 Å². The molecule has 0 fully saturated rings. The second kappa shape index (κ2) is 4.78. The van der Waals surface area contributed by atoms with Crippen molar-refractivity contribution in [3.63, 3.8) is 0 Å². The van der Waals surface area contributed by atoms with E-state index in [1.807, 2.05) is 36.4 Å². The number of thiophene rings is 1. The first kappa shape index (κ1) is 11.3. The van der Waals surface area contributed by atoms with Crippen LogP contribution in [0.25, 0.3) is 0 Å². The average Bonchev–Trinajstić information content (AvgIpc) is 2.64. The zero-order valence-corrected chi connectivity index (χ0v) is 11.6. The summed E-state index contributed by atoms with van der Waals surface area (Å²) in [6, 6.07) is 11.6. The molecule has 0 aliphatic rings. The molecular weight excluding hydrogens is 340 g/mol. The van der Waals surface area contributed by atoms with Gasteiger partial charge in [0.1, 0.15) is 6.10 Å². The summed E-state index contributed by atoms with van der Waals surface area (Å²) in [5.74, 6) is 0. The lowest BCUT2D eigenvalue weighted by molar-refractivity contribution is 0.224. The molecule has 2 rings (SSSR count). The largest absolute Gasteiger partial charge is 0.383 e. The van der Waals surface area contributed by atoms with Crippen LogP contribution in [-0.4, -0.2) is 5.11 Å². The van der Waals surface area contributed by atoms with E-state index in [0.717, 1.165) is 18.7 Å². The third kappa shape index (κ3) is 2.69. The van der Waals surface area contributed by atoms with Crippen LogP contribution in [0, 0.1) is 0 Å². The molecule has 0 saturated carbocycles. The van der Waals surface area contributed by atoms with E-state index in [4.69, 9.17) is 0 Å². The van der Waals surface area contributed by atoms with Gasteiger partial charge in [0.05, 0.1) is 3.79 Å². The number of benzene rings is 1. The Hall–Kier alpha value is -0.160. The van der Waals surface area contributed by atoms with Gasteiger partial charge in [-0.15, -0.1) is 11.3 Å². The molecule has 2 aromatic rings. The van der Waals surface area contributed by atoms with Crippen molar-refractivity contribution in [2.75, 3.05) is 0 Å². The number of hydrogen-bond donors (Lipinski definition) is 1. The van der Waals surface area contributed by atoms with Gasteiger partial charge in [-0.1, -0.05) is 28.1 Å². The lowest BCUT2D eigenvalue weighted by Gasteiger charge is -2.08. The van der Waals surface area contributed by atoms with Gasteiger partial charge in [0.15, 0.2) is 0 Å². The van der Waals surface area contributed by atoms with Gasteiger partial charge < -0.3 is 5.11 Å². The molecule has 0 spiro atoms. The SMILES string of the molecule is OC(c1cccc(Br)c1)c1ccc(Br)s1. The van der Waals surface area contributed by atoms with Crippen molar-refractivity contribution in [2.45, 2.75) is 6.10 Å². The Morgan fingerprint density at radius 3 is 2.53 bits per heavy atom. The molecule has 1 aromatic carbocycles. The zero-order chi connectivity index (χ0) is 10.8. The van der Waals surface area contributed by atoms with Gasteiger partial charge in [-0.25, -0.2) is 0 Å². The van der Waals surface area contributed by atoms with E-state index in [-0.39, 0.29) is 0 Å². The quantitative estimate of drug-likeness (QED) is 0.855. The molecule has 1 aromatic heterocycles. The Morgan fingerprint density at radius 2 is 1.93 bits per heavy atom. The van der Waals surface area contributed by atoms with Crippen molar-refractivity contribution in [1.82, 2.24) is 0 Å². The van der Waals surface area contributed by atoms with Crippen molar-refractivity contribution < 1.29 is 5.11 Å². The number of hydrogen-bond acceptors (Lipinski definition) is 2. The fourth-order valence-electron chi connectivity index (χ4n) is 1.32. The molecule has 0 bridgehead atoms. The van der Waals surface area contributed by atoms with E-state index in [1.54, 1.807) is 11.3 Å². The highest BCUT2D eigenvalue weighted by Crippen LogP contribution is 2.31. The molecule has 1 atom stereocenters. The average molecular weight is 348 g/mol. The molecule has 0 radical (unpaired) electrons. The normalized spacial score (nSPS) is 12.7. The van der Waals surface area contributed by atoms with Crippen LogP contribution in [-0.2, 0) is 0 Å². The summed E-state index contributed by atoms with van der Waals surface area (Å²) in [5.41, 5.74) is 0.902.